The quantitative estimate of drug-likeness (QED) is 0.371. The molecule has 0 unspecified atom stereocenters. The molecule has 134 valence electrons. The molecule has 2 aromatic carbocycles. The normalized spacial score (nSPS) is 15.1. The Morgan fingerprint density at radius 1 is 1.15 bits per heavy atom. The molecule has 0 N–H and O–H groups in total. The smallest absolute Gasteiger partial charge is 0.368 e. The molecule has 0 fully saturated rings. The van der Waals surface area contributed by atoms with Crippen LogP contribution < -0.4 is 4.74 Å². The van der Waals surface area contributed by atoms with Gasteiger partial charge in [0.25, 0.3) is 0 Å². The molecule has 0 saturated carbocycles. The minimum absolute atomic E-state index is 0.342. The molecule has 26 heavy (non-hydrogen) atoms. The highest BCUT2D eigenvalue weighted by Crippen LogP contribution is 2.27. The number of unbranched alkanes of at least 4 members (excludes halogenated alkanes) is 1. The number of nitrogens with zero attached hydrogens (tertiary/aromatic N) is 1. The largest absolute Gasteiger partial charge is 0.494 e. The van der Waals surface area contributed by atoms with Gasteiger partial charge in [0.1, 0.15) is 11.5 Å². The van der Waals surface area contributed by atoms with Crippen LogP contribution in [-0.4, -0.2) is 18.3 Å². The summed E-state index contributed by atoms with van der Waals surface area (Å²) >= 11 is 12.1. The van der Waals surface area contributed by atoms with E-state index in [1.807, 2.05) is 24.3 Å². The van der Waals surface area contributed by atoms with Crippen LogP contribution in [0.2, 0.25) is 10.0 Å². The van der Waals surface area contributed by atoms with Crippen LogP contribution in [0.1, 0.15) is 30.9 Å². The Bertz CT molecular complexity index is 873. The van der Waals surface area contributed by atoms with E-state index < -0.39 is 5.97 Å². The first-order chi connectivity index (χ1) is 12.6. The number of halogens is 2. The van der Waals surface area contributed by atoms with Crippen molar-refractivity contribution < 1.29 is 14.4 Å². The average molecular weight is 390 g/mol. The summed E-state index contributed by atoms with van der Waals surface area (Å²) in [6, 6.07) is 12.5. The van der Waals surface area contributed by atoms with Crippen LogP contribution in [-0.2, 0) is 9.63 Å². The number of carbonyl (C=O) groups excluding carboxylic acids is 1. The van der Waals surface area contributed by atoms with Crippen molar-refractivity contribution in [3.63, 3.8) is 0 Å². The van der Waals surface area contributed by atoms with Gasteiger partial charge in [-0.3, -0.25) is 0 Å². The molecule has 6 heteroatoms. The molecule has 0 aromatic heterocycles. The van der Waals surface area contributed by atoms with Gasteiger partial charge in [0.05, 0.1) is 12.2 Å². The number of carbonyl (C=O) groups is 1. The molecule has 0 saturated heterocycles. The predicted octanol–water partition coefficient (Wildman–Crippen LogP) is 5.52. The highest BCUT2D eigenvalue weighted by atomic mass is 35.5. The molecular formula is C20H17Cl2NO3. The fourth-order valence-electron chi connectivity index (χ4n) is 2.44. The third-order valence-electron chi connectivity index (χ3n) is 3.85. The zero-order chi connectivity index (χ0) is 18.5. The maximum absolute atomic E-state index is 12.1. The van der Waals surface area contributed by atoms with E-state index in [9.17, 15) is 4.79 Å². The second-order valence-electron chi connectivity index (χ2n) is 5.77. The third kappa shape index (κ3) is 4.26. The zero-order valence-corrected chi connectivity index (χ0v) is 15.7. The number of ether oxygens (including phenoxy) is 1. The van der Waals surface area contributed by atoms with Gasteiger partial charge in [0, 0.05) is 15.6 Å². The monoisotopic (exact) mass is 389 g/mol. The topological polar surface area (TPSA) is 47.9 Å². The van der Waals surface area contributed by atoms with Gasteiger partial charge in [0.2, 0.25) is 0 Å². The van der Waals surface area contributed by atoms with Gasteiger partial charge in [-0.2, -0.15) is 0 Å². The van der Waals surface area contributed by atoms with E-state index >= 15 is 0 Å². The first-order valence-corrected chi connectivity index (χ1v) is 9.03. The van der Waals surface area contributed by atoms with E-state index in [4.69, 9.17) is 32.8 Å². The molecule has 3 rings (SSSR count). The minimum atomic E-state index is -0.519. The molecule has 1 heterocycles. The standard InChI is InChI=1S/C20H17Cl2NO3/c1-2-3-10-25-16-8-5-13(6-9-16)19-17(20(24)26-23-19)11-14-4-7-15(21)12-18(14)22/h4-9,11-12H,2-3,10H2,1H3/b17-11-. The van der Waals surface area contributed by atoms with Crippen LogP contribution in [0.5, 0.6) is 5.75 Å². The van der Waals surface area contributed by atoms with Crippen molar-refractivity contribution in [2.75, 3.05) is 6.61 Å². The highest BCUT2D eigenvalue weighted by Gasteiger charge is 2.27. The minimum Gasteiger partial charge on any atom is -0.494 e. The fourth-order valence-corrected chi connectivity index (χ4v) is 2.90. The van der Waals surface area contributed by atoms with Crippen molar-refractivity contribution >= 4 is 41.0 Å². The Balaban J connectivity index is 1.84. The van der Waals surface area contributed by atoms with Crippen molar-refractivity contribution in [2.45, 2.75) is 19.8 Å². The van der Waals surface area contributed by atoms with Crippen LogP contribution in [0, 0.1) is 0 Å². The average Bonchev–Trinajstić information content (AvgIpc) is 2.99. The predicted molar refractivity (Wildman–Crippen MR) is 104 cm³/mol. The second-order valence-corrected chi connectivity index (χ2v) is 6.61. The van der Waals surface area contributed by atoms with Crippen molar-refractivity contribution in [1.29, 1.82) is 0 Å². The molecule has 2 aromatic rings. The highest BCUT2D eigenvalue weighted by molar-refractivity contribution is 6.36. The van der Waals surface area contributed by atoms with E-state index in [1.54, 1.807) is 24.3 Å². The Kier molecular flexibility index (Phi) is 5.96. The summed E-state index contributed by atoms with van der Waals surface area (Å²) in [5.41, 5.74) is 2.22. The van der Waals surface area contributed by atoms with E-state index in [0.717, 1.165) is 24.2 Å². The van der Waals surface area contributed by atoms with Crippen molar-refractivity contribution in [2.24, 2.45) is 5.16 Å². The summed E-state index contributed by atoms with van der Waals surface area (Å²) in [7, 11) is 0. The number of oxime groups is 1. The lowest BCUT2D eigenvalue weighted by molar-refractivity contribution is -0.136. The van der Waals surface area contributed by atoms with E-state index in [0.29, 0.717) is 33.5 Å². The molecule has 0 aliphatic carbocycles. The molecule has 1 aliphatic heterocycles. The molecular weight excluding hydrogens is 373 g/mol. The van der Waals surface area contributed by atoms with Gasteiger partial charge in [-0.25, -0.2) is 4.79 Å². The number of hydrogen-bond acceptors (Lipinski definition) is 4. The first kappa shape index (κ1) is 18.5. The van der Waals surface area contributed by atoms with E-state index in [2.05, 4.69) is 12.1 Å². The van der Waals surface area contributed by atoms with Gasteiger partial charge < -0.3 is 9.57 Å². The zero-order valence-electron chi connectivity index (χ0n) is 14.2. The number of benzene rings is 2. The Labute approximate surface area is 162 Å². The lowest BCUT2D eigenvalue weighted by Crippen LogP contribution is -2.07. The van der Waals surface area contributed by atoms with Crippen molar-refractivity contribution in [3.8, 4) is 5.75 Å². The maximum atomic E-state index is 12.1. The van der Waals surface area contributed by atoms with Gasteiger partial charge in [0.15, 0.2) is 0 Å². The van der Waals surface area contributed by atoms with Crippen LogP contribution in [0.3, 0.4) is 0 Å². The first-order valence-electron chi connectivity index (χ1n) is 8.28. The fraction of sp³-hybridized carbons (Fsp3) is 0.200. The van der Waals surface area contributed by atoms with E-state index in [-0.39, 0.29) is 0 Å². The number of rotatable bonds is 6. The Hall–Kier alpha value is -2.30. The van der Waals surface area contributed by atoms with Gasteiger partial charge in [-0.1, -0.05) is 47.8 Å². The van der Waals surface area contributed by atoms with Crippen molar-refractivity contribution in [1.82, 2.24) is 0 Å². The molecule has 4 nitrogen and oxygen atoms in total. The third-order valence-corrected chi connectivity index (χ3v) is 4.41. The Morgan fingerprint density at radius 3 is 2.62 bits per heavy atom. The summed E-state index contributed by atoms with van der Waals surface area (Å²) in [6.07, 6.45) is 3.74. The SMILES string of the molecule is CCCCOc1ccc(C2=NOC(=O)/C2=C\c2ccc(Cl)cc2Cl)cc1. The molecule has 0 amide bonds. The summed E-state index contributed by atoms with van der Waals surface area (Å²) in [5.74, 6) is 0.258. The summed E-state index contributed by atoms with van der Waals surface area (Å²) in [6.45, 7) is 2.79. The van der Waals surface area contributed by atoms with E-state index in [1.165, 1.54) is 0 Å². The summed E-state index contributed by atoms with van der Waals surface area (Å²) in [4.78, 5) is 16.9. The lowest BCUT2D eigenvalue weighted by Gasteiger charge is -2.06. The lowest BCUT2D eigenvalue weighted by atomic mass is 10.0. The summed E-state index contributed by atoms with van der Waals surface area (Å²) < 4.78 is 5.65. The van der Waals surface area contributed by atoms with Crippen LogP contribution in [0.15, 0.2) is 53.2 Å². The van der Waals surface area contributed by atoms with Gasteiger partial charge >= 0.3 is 5.97 Å². The van der Waals surface area contributed by atoms with Gasteiger partial charge in [-0.05, 0) is 54.5 Å². The molecule has 0 radical (unpaired) electrons. The van der Waals surface area contributed by atoms with Crippen LogP contribution >= 0.6 is 23.2 Å². The van der Waals surface area contributed by atoms with Crippen LogP contribution in [0.4, 0.5) is 0 Å². The molecule has 0 atom stereocenters. The molecule has 1 aliphatic rings. The van der Waals surface area contributed by atoms with Gasteiger partial charge in [-0.15, -0.1) is 0 Å². The van der Waals surface area contributed by atoms with Crippen LogP contribution in [0.25, 0.3) is 6.08 Å². The Morgan fingerprint density at radius 2 is 1.92 bits per heavy atom. The maximum Gasteiger partial charge on any atom is 0.368 e. The number of hydrogen-bond donors (Lipinski definition) is 0. The summed E-state index contributed by atoms with van der Waals surface area (Å²) in [5, 5.41) is 4.88. The second kappa shape index (κ2) is 8.39. The molecule has 0 bridgehead atoms. The van der Waals surface area contributed by atoms with Crippen molar-refractivity contribution in [3.05, 3.63) is 69.2 Å². The molecule has 0 spiro atoms.